The highest BCUT2D eigenvalue weighted by atomic mass is 15.4. The van der Waals surface area contributed by atoms with E-state index < -0.39 is 0 Å². The topological polar surface area (TPSA) is 88.4 Å². The molecule has 114 valence electrons. The molecule has 1 atom stereocenters. The summed E-state index contributed by atoms with van der Waals surface area (Å²) in [5.74, 6) is 3.28. The highest BCUT2D eigenvalue weighted by Crippen LogP contribution is 2.32. The summed E-state index contributed by atoms with van der Waals surface area (Å²) in [5.41, 5.74) is 1.55. The van der Waals surface area contributed by atoms with Gasteiger partial charge >= 0.3 is 0 Å². The van der Waals surface area contributed by atoms with E-state index in [1.165, 1.54) is 0 Å². The third kappa shape index (κ3) is 1.79. The van der Waals surface area contributed by atoms with E-state index in [2.05, 4.69) is 60.4 Å². The number of rotatable bonds is 2. The Balaban J connectivity index is 1.77. The molecule has 0 radical (unpaired) electrons. The van der Waals surface area contributed by atoms with Gasteiger partial charge in [0.1, 0.15) is 17.7 Å². The van der Waals surface area contributed by atoms with Gasteiger partial charge in [0.05, 0.1) is 12.4 Å². The van der Waals surface area contributed by atoms with E-state index in [0.29, 0.717) is 11.6 Å². The minimum absolute atomic E-state index is 0.107. The second-order valence-electron chi connectivity index (χ2n) is 5.89. The number of hydrogen-bond acceptors (Lipinski definition) is 6. The predicted octanol–water partition coefficient (Wildman–Crippen LogP) is 1.65. The van der Waals surface area contributed by atoms with Crippen LogP contribution in [-0.4, -0.2) is 41.2 Å². The number of H-pyrrole nitrogens is 1. The molecule has 1 aliphatic rings. The monoisotopic (exact) mass is 298 g/mol. The largest absolute Gasteiger partial charge is 0.343 e. The number of hydrogen-bond donors (Lipinski definition) is 1. The number of nitrogens with zero attached hydrogens (tertiary/aromatic N) is 7. The summed E-state index contributed by atoms with van der Waals surface area (Å²) in [6.07, 6.45) is 3.21. The lowest BCUT2D eigenvalue weighted by Gasteiger charge is -2.34. The Kier molecular flexibility index (Phi) is 2.85. The van der Waals surface area contributed by atoms with Crippen LogP contribution in [-0.2, 0) is 6.54 Å². The van der Waals surface area contributed by atoms with Crippen molar-refractivity contribution in [1.82, 2.24) is 34.7 Å². The van der Waals surface area contributed by atoms with Crippen LogP contribution in [0.4, 0.5) is 5.82 Å². The third-order valence-electron chi connectivity index (χ3n) is 4.21. The van der Waals surface area contributed by atoms with Crippen LogP contribution in [0.25, 0.3) is 11.2 Å². The third-order valence-corrected chi connectivity index (χ3v) is 4.21. The number of aromatic amines is 1. The molecule has 8 nitrogen and oxygen atoms in total. The molecule has 4 heterocycles. The molecule has 3 aromatic heterocycles. The second kappa shape index (κ2) is 4.75. The van der Waals surface area contributed by atoms with Gasteiger partial charge in [0.2, 0.25) is 0 Å². The summed E-state index contributed by atoms with van der Waals surface area (Å²) in [6, 6.07) is 0.107. The predicted molar refractivity (Wildman–Crippen MR) is 81.6 cm³/mol. The smallest absolute Gasteiger partial charge is 0.182 e. The maximum Gasteiger partial charge on any atom is 0.182 e. The van der Waals surface area contributed by atoms with Crippen molar-refractivity contribution < 1.29 is 0 Å². The Labute approximate surface area is 127 Å². The van der Waals surface area contributed by atoms with Crippen molar-refractivity contribution in [3.63, 3.8) is 0 Å². The fourth-order valence-corrected chi connectivity index (χ4v) is 3.09. The van der Waals surface area contributed by atoms with Crippen molar-refractivity contribution in [3.05, 3.63) is 24.3 Å². The number of nitrogens with one attached hydrogen (secondary N) is 1. The van der Waals surface area contributed by atoms with Gasteiger partial charge in [-0.05, 0) is 6.92 Å². The zero-order valence-corrected chi connectivity index (χ0v) is 12.9. The molecule has 0 aliphatic carbocycles. The summed E-state index contributed by atoms with van der Waals surface area (Å²) in [4.78, 5) is 18.2. The van der Waals surface area contributed by atoms with Crippen molar-refractivity contribution in [2.45, 2.75) is 39.3 Å². The minimum atomic E-state index is 0.107. The van der Waals surface area contributed by atoms with Crippen molar-refractivity contribution in [2.75, 3.05) is 11.4 Å². The van der Waals surface area contributed by atoms with Crippen LogP contribution in [0.1, 0.15) is 44.4 Å². The first kappa shape index (κ1) is 13.2. The molecule has 1 aliphatic heterocycles. The number of anilines is 1. The molecular formula is C14H18N8. The van der Waals surface area contributed by atoms with Gasteiger partial charge in [-0.25, -0.2) is 15.0 Å². The lowest BCUT2D eigenvalue weighted by molar-refractivity contribution is 0.477. The van der Waals surface area contributed by atoms with Gasteiger partial charge in [-0.15, -0.1) is 10.2 Å². The SMILES string of the molecule is CC(C)c1nnc2n1CCN(c1ncnc3nc[nH]c13)C2C. The van der Waals surface area contributed by atoms with Crippen LogP contribution < -0.4 is 4.90 Å². The average Bonchev–Trinajstić information content (AvgIpc) is 3.14. The van der Waals surface area contributed by atoms with E-state index in [4.69, 9.17) is 0 Å². The molecule has 0 fully saturated rings. The van der Waals surface area contributed by atoms with Gasteiger partial charge in [-0.2, -0.15) is 0 Å². The quantitative estimate of drug-likeness (QED) is 0.774. The van der Waals surface area contributed by atoms with Crippen molar-refractivity contribution >= 4 is 17.0 Å². The summed E-state index contributed by atoms with van der Waals surface area (Å²) in [5, 5.41) is 8.77. The minimum Gasteiger partial charge on any atom is -0.343 e. The van der Waals surface area contributed by atoms with Gasteiger partial charge in [0.15, 0.2) is 17.3 Å². The molecule has 3 aromatic rings. The van der Waals surface area contributed by atoms with Crippen LogP contribution in [0.5, 0.6) is 0 Å². The molecule has 0 bridgehead atoms. The average molecular weight is 298 g/mol. The van der Waals surface area contributed by atoms with E-state index in [1.54, 1.807) is 12.7 Å². The number of imidazole rings is 1. The molecule has 4 rings (SSSR count). The fraction of sp³-hybridized carbons (Fsp3) is 0.500. The molecule has 22 heavy (non-hydrogen) atoms. The first-order chi connectivity index (χ1) is 10.7. The lowest BCUT2D eigenvalue weighted by Crippen LogP contribution is -2.38. The molecular weight excluding hydrogens is 280 g/mol. The Morgan fingerprint density at radius 2 is 2.05 bits per heavy atom. The van der Waals surface area contributed by atoms with Crippen LogP contribution in [0.3, 0.4) is 0 Å². The summed E-state index contributed by atoms with van der Waals surface area (Å²) >= 11 is 0. The van der Waals surface area contributed by atoms with E-state index in [1.807, 2.05) is 0 Å². The maximum atomic E-state index is 4.45. The molecule has 1 unspecified atom stereocenters. The van der Waals surface area contributed by atoms with Gasteiger partial charge in [0.25, 0.3) is 0 Å². The summed E-state index contributed by atoms with van der Waals surface area (Å²) < 4.78 is 2.23. The zero-order valence-electron chi connectivity index (χ0n) is 12.9. The normalized spacial score (nSPS) is 18.2. The molecule has 8 heteroatoms. The number of aromatic nitrogens is 7. The lowest BCUT2D eigenvalue weighted by atomic mass is 10.1. The van der Waals surface area contributed by atoms with Gasteiger partial charge in [-0.3, -0.25) is 0 Å². The van der Waals surface area contributed by atoms with Crippen molar-refractivity contribution in [3.8, 4) is 0 Å². The molecule has 0 amide bonds. The van der Waals surface area contributed by atoms with E-state index in [-0.39, 0.29) is 6.04 Å². The zero-order chi connectivity index (χ0) is 15.3. The molecule has 0 spiro atoms. The Morgan fingerprint density at radius 3 is 2.86 bits per heavy atom. The van der Waals surface area contributed by atoms with E-state index in [9.17, 15) is 0 Å². The van der Waals surface area contributed by atoms with Crippen molar-refractivity contribution in [1.29, 1.82) is 0 Å². The maximum absolute atomic E-state index is 4.45. The van der Waals surface area contributed by atoms with Crippen LogP contribution in [0.2, 0.25) is 0 Å². The Hall–Kier alpha value is -2.51. The first-order valence-electron chi connectivity index (χ1n) is 7.50. The first-order valence-corrected chi connectivity index (χ1v) is 7.50. The second-order valence-corrected chi connectivity index (χ2v) is 5.89. The van der Waals surface area contributed by atoms with E-state index >= 15 is 0 Å². The summed E-state index contributed by atoms with van der Waals surface area (Å²) in [6.45, 7) is 8.14. The fourth-order valence-electron chi connectivity index (χ4n) is 3.09. The highest BCUT2D eigenvalue weighted by Gasteiger charge is 2.30. The molecule has 1 N–H and O–H groups in total. The van der Waals surface area contributed by atoms with Crippen LogP contribution in [0, 0.1) is 0 Å². The van der Waals surface area contributed by atoms with Crippen LogP contribution >= 0.6 is 0 Å². The van der Waals surface area contributed by atoms with Gasteiger partial charge in [-0.1, -0.05) is 13.8 Å². The Bertz CT molecular complexity index is 817. The molecule has 0 saturated carbocycles. The highest BCUT2D eigenvalue weighted by molar-refractivity contribution is 5.82. The molecule has 0 saturated heterocycles. The van der Waals surface area contributed by atoms with Crippen molar-refractivity contribution in [2.24, 2.45) is 0 Å². The molecule has 0 aromatic carbocycles. The van der Waals surface area contributed by atoms with Crippen LogP contribution in [0.15, 0.2) is 12.7 Å². The van der Waals surface area contributed by atoms with E-state index in [0.717, 1.165) is 36.1 Å². The Morgan fingerprint density at radius 1 is 1.18 bits per heavy atom. The standard InChI is InChI=1S/C14H18N8/c1-8(2)12-19-20-13-9(3)21(4-5-22(12)13)14-10-11(16-6-15-10)17-7-18-14/h6-9H,4-5H2,1-3H3,(H,15,16,17,18). The summed E-state index contributed by atoms with van der Waals surface area (Å²) in [7, 11) is 0. The number of fused-ring (bicyclic) bond motifs is 2. The van der Waals surface area contributed by atoms with Gasteiger partial charge < -0.3 is 14.5 Å². The van der Waals surface area contributed by atoms with Gasteiger partial charge in [0, 0.05) is 19.0 Å².